The SMILES string of the molecule is CC(=O)O.CCCCCCCC[P+](C)(CCCCCCCC)CCCCCCCC. The van der Waals surface area contributed by atoms with Crippen molar-refractivity contribution in [2.75, 3.05) is 25.2 Å². The molecule has 0 saturated carbocycles. The third-order valence-electron chi connectivity index (χ3n) is 6.15. The van der Waals surface area contributed by atoms with E-state index in [1.54, 1.807) is 18.5 Å². The Balaban J connectivity index is 0. The summed E-state index contributed by atoms with van der Waals surface area (Å²) in [5, 5.41) is 7.42. The smallest absolute Gasteiger partial charge is 0.300 e. The van der Waals surface area contributed by atoms with E-state index in [9.17, 15) is 0 Å². The molecule has 0 aliphatic rings. The van der Waals surface area contributed by atoms with Crippen LogP contribution in [0.15, 0.2) is 0 Å². The molecule has 0 aromatic rings. The first kappa shape index (κ1) is 32.1. The average Bonchev–Trinajstić information content (AvgIpc) is 2.70. The monoisotopic (exact) mass is 445 g/mol. The highest BCUT2D eigenvalue weighted by Gasteiger charge is 2.29. The molecule has 0 aromatic heterocycles. The zero-order valence-electron chi connectivity index (χ0n) is 21.7. The van der Waals surface area contributed by atoms with Crippen LogP contribution in [0.3, 0.4) is 0 Å². The Bertz CT molecular complexity index is 299. The molecule has 0 aliphatic heterocycles. The Morgan fingerprint density at radius 3 is 0.967 bits per heavy atom. The number of hydrogen-bond acceptors (Lipinski definition) is 1. The van der Waals surface area contributed by atoms with Crippen molar-refractivity contribution < 1.29 is 9.90 Å². The Kier molecular flexibility index (Phi) is 26.9. The van der Waals surface area contributed by atoms with Crippen molar-refractivity contribution in [3.8, 4) is 0 Å². The second-order valence-electron chi connectivity index (χ2n) is 9.61. The zero-order valence-corrected chi connectivity index (χ0v) is 22.5. The summed E-state index contributed by atoms with van der Waals surface area (Å²) < 4.78 is 0. The van der Waals surface area contributed by atoms with Crippen molar-refractivity contribution in [3.63, 3.8) is 0 Å². The van der Waals surface area contributed by atoms with Crippen LogP contribution in [0, 0.1) is 0 Å². The lowest BCUT2D eigenvalue weighted by Gasteiger charge is -2.24. The Hall–Kier alpha value is -0.100. The molecular formula is C27H58O2P+. The highest BCUT2D eigenvalue weighted by molar-refractivity contribution is 7.75. The number of hydrogen-bond donors (Lipinski definition) is 1. The molecule has 0 heterocycles. The summed E-state index contributed by atoms with van der Waals surface area (Å²) in [6, 6.07) is 0. The number of carbonyl (C=O) groups is 1. The van der Waals surface area contributed by atoms with Gasteiger partial charge in [-0.2, -0.15) is 0 Å². The van der Waals surface area contributed by atoms with Crippen LogP contribution in [0.4, 0.5) is 0 Å². The van der Waals surface area contributed by atoms with Crippen LogP contribution in [0.25, 0.3) is 0 Å². The number of rotatable bonds is 21. The van der Waals surface area contributed by atoms with Gasteiger partial charge in [-0.15, -0.1) is 0 Å². The first-order valence-electron chi connectivity index (χ1n) is 13.4. The maximum absolute atomic E-state index is 9.00. The van der Waals surface area contributed by atoms with Gasteiger partial charge in [0.05, 0.1) is 18.5 Å². The van der Waals surface area contributed by atoms with Gasteiger partial charge >= 0.3 is 0 Å². The van der Waals surface area contributed by atoms with Gasteiger partial charge in [0, 0.05) is 20.9 Å². The largest absolute Gasteiger partial charge is 0.481 e. The van der Waals surface area contributed by atoms with E-state index in [0.717, 1.165) is 6.92 Å². The first-order chi connectivity index (χ1) is 14.4. The summed E-state index contributed by atoms with van der Waals surface area (Å²) >= 11 is 0. The fourth-order valence-electron chi connectivity index (χ4n) is 4.16. The van der Waals surface area contributed by atoms with Gasteiger partial charge in [0.25, 0.3) is 5.97 Å². The van der Waals surface area contributed by atoms with Crippen molar-refractivity contribution in [2.24, 2.45) is 0 Å². The van der Waals surface area contributed by atoms with Gasteiger partial charge in [0.1, 0.15) is 0 Å². The molecule has 0 atom stereocenters. The van der Waals surface area contributed by atoms with E-state index in [2.05, 4.69) is 27.4 Å². The molecule has 3 heteroatoms. The summed E-state index contributed by atoms with van der Waals surface area (Å²) in [4.78, 5) is 9.00. The molecule has 0 aliphatic carbocycles. The Labute approximate surface area is 191 Å². The maximum atomic E-state index is 9.00. The number of unbranched alkanes of at least 4 members (excludes halogenated alkanes) is 15. The highest BCUT2D eigenvalue weighted by atomic mass is 31.2. The van der Waals surface area contributed by atoms with Gasteiger partial charge in [-0.25, -0.2) is 0 Å². The van der Waals surface area contributed by atoms with E-state index in [0.29, 0.717) is 0 Å². The van der Waals surface area contributed by atoms with Crippen molar-refractivity contribution in [3.05, 3.63) is 0 Å². The van der Waals surface area contributed by atoms with Gasteiger partial charge in [-0.3, -0.25) is 4.79 Å². The molecule has 0 radical (unpaired) electrons. The molecule has 182 valence electrons. The normalized spacial score (nSPS) is 11.2. The summed E-state index contributed by atoms with van der Waals surface area (Å²) in [6.07, 6.45) is 31.2. The van der Waals surface area contributed by atoms with E-state index >= 15 is 0 Å². The van der Waals surface area contributed by atoms with Crippen LogP contribution in [0.1, 0.15) is 143 Å². The van der Waals surface area contributed by atoms with Crippen LogP contribution < -0.4 is 0 Å². The molecule has 0 unspecified atom stereocenters. The summed E-state index contributed by atoms with van der Waals surface area (Å²) in [7, 11) is -0.636. The molecule has 0 saturated heterocycles. The topological polar surface area (TPSA) is 37.3 Å². The van der Waals surface area contributed by atoms with E-state index in [-0.39, 0.29) is 0 Å². The molecule has 0 fully saturated rings. The van der Waals surface area contributed by atoms with Crippen LogP contribution in [0.5, 0.6) is 0 Å². The van der Waals surface area contributed by atoms with Crippen LogP contribution in [-0.2, 0) is 4.79 Å². The number of carboxylic acids is 1. The van der Waals surface area contributed by atoms with Crippen molar-refractivity contribution in [2.45, 2.75) is 143 Å². The number of aliphatic carboxylic acids is 1. The lowest BCUT2D eigenvalue weighted by molar-refractivity contribution is -0.134. The predicted octanol–water partition coefficient (Wildman–Crippen LogP) is 9.81. The lowest BCUT2D eigenvalue weighted by Crippen LogP contribution is -2.08. The van der Waals surface area contributed by atoms with Gasteiger partial charge in [0.2, 0.25) is 0 Å². The summed E-state index contributed by atoms with van der Waals surface area (Å²) in [5.41, 5.74) is 0. The standard InChI is InChI=1S/C25H54P.C2H4O2/c1-5-8-11-14-17-20-23-26(4,24-21-18-15-12-9-6-2)25-22-19-16-13-10-7-3;1-2(3)4/h5-25H2,1-4H3;1H3,(H,3,4)/q+1;. The van der Waals surface area contributed by atoms with Gasteiger partial charge in [-0.05, 0) is 38.5 Å². The molecule has 30 heavy (non-hydrogen) atoms. The highest BCUT2D eigenvalue weighted by Crippen LogP contribution is 2.57. The van der Waals surface area contributed by atoms with E-state index in [1.165, 1.54) is 116 Å². The minimum Gasteiger partial charge on any atom is -0.481 e. The first-order valence-corrected chi connectivity index (χ1v) is 16.2. The van der Waals surface area contributed by atoms with Crippen molar-refractivity contribution in [1.82, 2.24) is 0 Å². The lowest BCUT2D eigenvalue weighted by atomic mass is 10.1. The second-order valence-corrected chi connectivity index (χ2v) is 14.2. The van der Waals surface area contributed by atoms with Crippen LogP contribution >= 0.6 is 7.26 Å². The minimum atomic E-state index is -0.833. The molecule has 0 aromatic carbocycles. The summed E-state index contributed by atoms with van der Waals surface area (Å²) in [5.74, 6) is -0.833. The van der Waals surface area contributed by atoms with Crippen LogP contribution in [0.2, 0.25) is 0 Å². The van der Waals surface area contributed by atoms with E-state index in [4.69, 9.17) is 9.90 Å². The fraction of sp³-hybridized carbons (Fsp3) is 0.963. The minimum absolute atomic E-state index is 0.636. The van der Waals surface area contributed by atoms with Gasteiger partial charge < -0.3 is 5.11 Å². The average molecular weight is 446 g/mol. The second kappa shape index (κ2) is 25.2. The van der Waals surface area contributed by atoms with Crippen molar-refractivity contribution in [1.29, 1.82) is 0 Å². The molecule has 0 bridgehead atoms. The molecule has 2 nitrogen and oxygen atoms in total. The predicted molar refractivity (Wildman–Crippen MR) is 141 cm³/mol. The van der Waals surface area contributed by atoms with E-state index in [1.807, 2.05) is 0 Å². The third kappa shape index (κ3) is 27.9. The fourth-order valence-corrected chi connectivity index (χ4v) is 7.79. The molecule has 1 N–H and O–H groups in total. The molecule has 0 rings (SSSR count). The zero-order chi connectivity index (χ0) is 22.9. The molecular weight excluding hydrogens is 387 g/mol. The Morgan fingerprint density at radius 1 is 0.533 bits per heavy atom. The Morgan fingerprint density at radius 2 is 0.733 bits per heavy atom. The number of carboxylic acid groups (broad SMARTS) is 1. The maximum Gasteiger partial charge on any atom is 0.300 e. The summed E-state index contributed by atoms with van der Waals surface area (Å²) in [6.45, 7) is 10.8. The third-order valence-corrected chi connectivity index (χ3v) is 10.3. The van der Waals surface area contributed by atoms with Gasteiger partial charge in [0.15, 0.2) is 0 Å². The van der Waals surface area contributed by atoms with E-state index < -0.39 is 13.2 Å². The quantitative estimate of drug-likeness (QED) is 0.141. The van der Waals surface area contributed by atoms with Crippen LogP contribution in [-0.4, -0.2) is 36.2 Å². The molecule has 0 spiro atoms. The van der Waals surface area contributed by atoms with Crippen molar-refractivity contribution >= 4 is 13.2 Å². The van der Waals surface area contributed by atoms with Gasteiger partial charge in [-0.1, -0.05) is 97.8 Å². The molecule has 0 amide bonds.